The Hall–Kier alpha value is -3.99. The van der Waals surface area contributed by atoms with Crippen LogP contribution in [0.2, 0.25) is 0 Å². The minimum Gasteiger partial charge on any atom is -0.480 e. The van der Waals surface area contributed by atoms with Crippen molar-refractivity contribution in [2.45, 2.75) is 75.5 Å². The first kappa shape index (κ1) is 34.0. The van der Waals surface area contributed by atoms with Crippen LogP contribution in [-0.4, -0.2) is 83.8 Å². The molecule has 0 radical (unpaired) electrons. The third-order valence-corrected chi connectivity index (χ3v) is 5.22. The van der Waals surface area contributed by atoms with Crippen molar-refractivity contribution in [3.8, 4) is 0 Å². The van der Waals surface area contributed by atoms with E-state index < -0.39 is 66.1 Å². The number of hydrogen-bond acceptors (Lipinski definition) is 9. The molecule has 0 saturated carbocycles. The van der Waals surface area contributed by atoms with Crippen LogP contribution in [-0.2, 0) is 28.8 Å². The largest absolute Gasteiger partial charge is 0.480 e. The first-order valence-corrected chi connectivity index (χ1v) is 12.0. The summed E-state index contributed by atoms with van der Waals surface area (Å²) in [7, 11) is 0. The van der Waals surface area contributed by atoms with Gasteiger partial charge in [-0.1, -0.05) is 0 Å². The molecule has 0 heterocycles. The predicted octanol–water partition coefficient (Wildman–Crippen LogP) is -4.82. The number of nitrogens with one attached hydrogen (secondary N) is 3. The van der Waals surface area contributed by atoms with Crippen LogP contribution >= 0.6 is 0 Å². The highest BCUT2D eigenvalue weighted by Gasteiger charge is 2.31. The Bertz CT molecular complexity index is 863. The van der Waals surface area contributed by atoms with E-state index in [0.29, 0.717) is 19.4 Å². The monoisotopic (exact) mass is 544 g/mol. The molecule has 0 aromatic rings. The number of aliphatic imine (C=N–C) groups is 1. The summed E-state index contributed by atoms with van der Waals surface area (Å²) in [6.45, 7) is 0.461. The second kappa shape index (κ2) is 18.3. The third kappa shape index (κ3) is 15.2. The fourth-order valence-corrected chi connectivity index (χ4v) is 3.19. The lowest BCUT2D eigenvalue weighted by Crippen LogP contribution is -2.57. The number of primary amides is 2. The minimum atomic E-state index is -1.49. The van der Waals surface area contributed by atoms with Crippen molar-refractivity contribution in [2.24, 2.45) is 39.4 Å². The Morgan fingerprint density at radius 3 is 1.79 bits per heavy atom. The summed E-state index contributed by atoms with van der Waals surface area (Å²) in [5.41, 5.74) is 31.9. The zero-order valence-corrected chi connectivity index (χ0v) is 21.2. The third-order valence-electron chi connectivity index (χ3n) is 5.22. The highest BCUT2D eigenvalue weighted by molar-refractivity contribution is 5.96. The number of carboxylic acid groups (broad SMARTS) is 1. The van der Waals surface area contributed by atoms with Crippen LogP contribution in [0.4, 0.5) is 0 Å². The molecule has 216 valence electrons. The number of hydrogen-bond donors (Lipinski definition) is 10. The van der Waals surface area contributed by atoms with E-state index in [4.69, 9.17) is 34.4 Å². The molecule has 0 rings (SSSR count). The molecule has 0 spiro atoms. The van der Waals surface area contributed by atoms with Crippen molar-refractivity contribution >= 4 is 41.5 Å². The predicted molar refractivity (Wildman–Crippen MR) is 136 cm³/mol. The van der Waals surface area contributed by atoms with Gasteiger partial charge in [-0.3, -0.25) is 29.0 Å². The Balaban J connectivity index is 5.51. The fraction of sp³-hybridized carbons (Fsp3) is 0.667. The van der Waals surface area contributed by atoms with Crippen LogP contribution < -0.4 is 50.4 Å². The van der Waals surface area contributed by atoms with Crippen LogP contribution in [0.3, 0.4) is 0 Å². The molecule has 17 nitrogen and oxygen atoms in total. The van der Waals surface area contributed by atoms with Gasteiger partial charge in [0.1, 0.15) is 18.1 Å². The highest BCUT2D eigenvalue weighted by atomic mass is 16.4. The average molecular weight is 545 g/mol. The number of guanidine groups is 1. The maximum Gasteiger partial charge on any atom is 0.326 e. The Kier molecular flexibility index (Phi) is 16.4. The van der Waals surface area contributed by atoms with E-state index in [-0.39, 0.29) is 44.6 Å². The van der Waals surface area contributed by atoms with Crippen molar-refractivity contribution in [2.75, 3.05) is 13.1 Å². The van der Waals surface area contributed by atoms with Crippen LogP contribution in [0.25, 0.3) is 0 Å². The van der Waals surface area contributed by atoms with Crippen LogP contribution in [0.15, 0.2) is 4.99 Å². The minimum absolute atomic E-state index is 0.00483. The molecule has 4 unspecified atom stereocenters. The SMILES string of the molecule is NCCCCC(NC(=O)C(CC(N)=O)NC(=O)C(N)CCC(N)=O)C(=O)NC(CCCN=C(N)N)C(=O)O. The molecule has 0 aliphatic carbocycles. The summed E-state index contributed by atoms with van der Waals surface area (Å²) in [6, 6.07) is -5.21. The lowest BCUT2D eigenvalue weighted by Gasteiger charge is -2.25. The van der Waals surface area contributed by atoms with Gasteiger partial charge in [0.25, 0.3) is 0 Å². The van der Waals surface area contributed by atoms with E-state index in [1.54, 1.807) is 0 Å². The summed E-state index contributed by atoms with van der Waals surface area (Å²) in [5.74, 6) is -5.63. The molecule has 4 atom stereocenters. The molecule has 0 fully saturated rings. The summed E-state index contributed by atoms with van der Waals surface area (Å²) >= 11 is 0. The quantitative estimate of drug-likeness (QED) is 0.0393. The van der Waals surface area contributed by atoms with E-state index in [0.717, 1.165) is 0 Å². The molecule has 0 bridgehead atoms. The normalized spacial score (nSPS) is 13.7. The summed E-state index contributed by atoms with van der Waals surface area (Å²) < 4.78 is 0. The first-order valence-electron chi connectivity index (χ1n) is 12.0. The molecule has 0 aliphatic rings. The van der Waals surface area contributed by atoms with Crippen molar-refractivity contribution in [3.63, 3.8) is 0 Å². The molecule has 0 aromatic carbocycles. The van der Waals surface area contributed by atoms with Gasteiger partial charge in [-0.05, 0) is 45.1 Å². The topological polar surface area (TPSA) is 327 Å². The number of aliphatic carboxylic acids is 1. The zero-order chi connectivity index (χ0) is 29.3. The Morgan fingerprint density at radius 1 is 0.711 bits per heavy atom. The van der Waals surface area contributed by atoms with Crippen LogP contribution in [0.5, 0.6) is 0 Å². The lowest BCUT2D eigenvalue weighted by atomic mass is 10.0. The van der Waals surface area contributed by atoms with Gasteiger partial charge in [0.05, 0.1) is 12.5 Å². The maximum absolute atomic E-state index is 12.9. The first-order chi connectivity index (χ1) is 17.8. The standard InChI is InChI=1S/C21H40N10O7/c22-8-2-1-4-12(18(35)30-13(20(37)38)5-3-9-28-21(26)27)29-19(36)14(10-16(25)33)31-17(34)11(23)6-7-15(24)32/h11-14H,1-10,22-23H2,(H2,24,32)(H2,25,33)(H,29,36)(H,30,35)(H,31,34)(H,37,38)(H4,26,27,28). The number of carboxylic acids is 1. The van der Waals surface area contributed by atoms with Gasteiger partial charge in [0, 0.05) is 13.0 Å². The van der Waals surface area contributed by atoms with Crippen molar-refractivity contribution in [3.05, 3.63) is 0 Å². The van der Waals surface area contributed by atoms with Gasteiger partial charge in [-0.2, -0.15) is 0 Å². The second-order valence-electron chi connectivity index (χ2n) is 8.54. The van der Waals surface area contributed by atoms with Gasteiger partial charge in [0.15, 0.2) is 5.96 Å². The maximum atomic E-state index is 12.9. The van der Waals surface area contributed by atoms with E-state index in [1.165, 1.54) is 0 Å². The van der Waals surface area contributed by atoms with E-state index in [2.05, 4.69) is 20.9 Å². The molecule has 0 aliphatic heterocycles. The lowest BCUT2D eigenvalue weighted by molar-refractivity contribution is -0.142. The average Bonchev–Trinajstić information content (AvgIpc) is 2.82. The van der Waals surface area contributed by atoms with Gasteiger partial charge in [-0.25, -0.2) is 4.79 Å². The number of rotatable bonds is 20. The molecular formula is C21H40N10O7. The smallest absolute Gasteiger partial charge is 0.326 e. The number of amides is 5. The molecule has 17 heteroatoms. The fourth-order valence-electron chi connectivity index (χ4n) is 3.19. The van der Waals surface area contributed by atoms with Crippen molar-refractivity contribution < 1.29 is 33.9 Å². The van der Waals surface area contributed by atoms with Gasteiger partial charge >= 0.3 is 5.97 Å². The van der Waals surface area contributed by atoms with Gasteiger partial charge < -0.3 is 55.5 Å². The molecule has 0 saturated heterocycles. The molecule has 16 N–H and O–H groups in total. The zero-order valence-electron chi connectivity index (χ0n) is 21.2. The second-order valence-corrected chi connectivity index (χ2v) is 8.54. The number of carbonyl (C=O) groups is 6. The van der Waals surface area contributed by atoms with Gasteiger partial charge in [0.2, 0.25) is 29.5 Å². The van der Waals surface area contributed by atoms with E-state index in [9.17, 15) is 33.9 Å². The number of nitrogens with zero attached hydrogens (tertiary/aromatic N) is 1. The Labute approximate surface area is 219 Å². The van der Waals surface area contributed by atoms with Crippen LogP contribution in [0, 0.1) is 0 Å². The van der Waals surface area contributed by atoms with Crippen molar-refractivity contribution in [1.82, 2.24) is 16.0 Å². The Morgan fingerprint density at radius 2 is 1.26 bits per heavy atom. The van der Waals surface area contributed by atoms with E-state index >= 15 is 0 Å². The number of unbranched alkanes of at least 4 members (excludes halogenated alkanes) is 1. The summed E-state index contributed by atoms with van der Waals surface area (Å²) in [5, 5.41) is 16.5. The molecule has 38 heavy (non-hydrogen) atoms. The molecule has 5 amide bonds. The van der Waals surface area contributed by atoms with Gasteiger partial charge in [-0.15, -0.1) is 0 Å². The van der Waals surface area contributed by atoms with Crippen LogP contribution in [0.1, 0.15) is 51.4 Å². The molecular weight excluding hydrogens is 504 g/mol. The van der Waals surface area contributed by atoms with E-state index in [1.807, 2.05) is 0 Å². The van der Waals surface area contributed by atoms with Crippen molar-refractivity contribution in [1.29, 1.82) is 0 Å². The number of nitrogens with two attached hydrogens (primary N) is 6. The highest BCUT2D eigenvalue weighted by Crippen LogP contribution is 2.06. The summed E-state index contributed by atoms with van der Waals surface area (Å²) in [6.07, 6.45) is 0.368. The number of carbonyl (C=O) groups excluding carboxylic acids is 5. The summed E-state index contributed by atoms with van der Waals surface area (Å²) in [4.78, 5) is 76.1. The molecule has 0 aromatic heterocycles.